The van der Waals surface area contributed by atoms with E-state index in [4.69, 9.17) is 4.74 Å². The van der Waals surface area contributed by atoms with E-state index in [0.717, 1.165) is 57.5 Å². The number of nitrogens with zero attached hydrogens (tertiary/aromatic N) is 2. The van der Waals surface area contributed by atoms with Crippen molar-refractivity contribution in [2.75, 3.05) is 33.3 Å². The fourth-order valence-electron chi connectivity index (χ4n) is 4.03. The number of thiophene rings is 1. The molecule has 29 heavy (non-hydrogen) atoms. The monoisotopic (exact) mass is 434 g/mol. The van der Waals surface area contributed by atoms with Crippen LogP contribution >= 0.6 is 11.3 Å². The van der Waals surface area contributed by atoms with E-state index in [9.17, 15) is 8.42 Å². The fourth-order valence-corrected chi connectivity index (χ4v) is 6.92. The van der Waals surface area contributed by atoms with Gasteiger partial charge in [-0.3, -0.25) is 0 Å². The van der Waals surface area contributed by atoms with E-state index in [0.29, 0.717) is 16.7 Å². The molecule has 1 aliphatic carbocycles. The van der Waals surface area contributed by atoms with Crippen molar-refractivity contribution in [2.45, 2.75) is 42.4 Å². The topological polar surface area (TPSA) is 49.9 Å². The minimum atomic E-state index is -3.37. The van der Waals surface area contributed by atoms with Gasteiger partial charge < -0.3 is 9.64 Å². The maximum Gasteiger partial charge on any atom is 0.252 e. The number of piperidine rings is 1. The van der Waals surface area contributed by atoms with Crippen molar-refractivity contribution in [3.63, 3.8) is 0 Å². The Morgan fingerprint density at radius 3 is 2.41 bits per heavy atom. The maximum absolute atomic E-state index is 13.2. The van der Waals surface area contributed by atoms with Crippen molar-refractivity contribution in [2.24, 2.45) is 5.92 Å². The molecule has 0 unspecified atom stereocenters. The summed E-state index contributed by atoms with van der Waals surface area (Å²) in [7, 11) is -1.69. The Balaban J connectivity index is 1.34. The second kappa shape index (κ2) is 9.16. The molecule has 0 N–H and O–H groups in total. The van der Waals surface area contributed by atoms with Crippen molar-refractivity contribution >= 4 is 21.4 Å². The average molecular weight is 435 g/mol. The summed E-state index contributed by atoms with van der Waals surface area (Å²) in [4.78, 5) is 2.47. The third-order valence-electron chi connectivity index (χ3n) is 6.03. The van der Waals surface area contributed by atoms with Gasteiger partial charge in [-0.25, -0.2) is 8.42 Å². The molecule has 1 saturated heterocycles. The summed E-state index contributed by atoms with van der Waals surface area (Å²) in [6, 6.07) is 11.9. The minimum absolute atomic E-state index is 0.125. The zero-order chi connectivity index (χ0) is 20.3. The number of methoxy groups -OCH3 is 1. The predicted octanol–water partition coefficient (Wildman–Crippen LogP) is 3.86. The summed E-state index contributed by atoms with van der Waals surface area (Å²) < 4.78 is 34.0. The molecule has 0 atom stereocenters. The second-order valence-electron chi connectivity index (χ2n) is 8.12. The summed E-state index contributed by atoms with van der Waals surface area (Å²) >= 11 is 1.33. The van der Waals surface area contributed by atoms with Crippen LogP contribution in [0.15, 0.2) is 46.0 Å². The number of hydrogen-bond acceptors (Lipinski definition) is 5. The summed E-state index contributed by atoms with van der Waals surface area (Å²) in [6.45, 7) is 3.62. The van der Waals surface area contributed by atoms with Crippen LogP contribution in [-0.4, -0.2) is 57.0 Å². The molecule has 4 rings (SSSR count). The Morgan fingerprint density at radius 1 is 1.10 bits per heavy atom. The Morgan fingerprint density at radius 2 is 1.83 bits per heavy atom. The van der Waals surface area contributed by atoms with E-state index in [1.54, 1.807) is 13.2 Å². The summed E-state index contributed by atoms with van der Waals surface area (Å²) in [6.07, 6.45) is 5.17. The van der Waals surface area contributed by atoms with E-state index in [2.05, 4.69) is 17.0 Å². The molecule has 5 nitrogen and oxygen atoms in total. The van der Waals surface area contributed by atoms with Crippen LogP contribution in [0.2, 0.25) is 0 Å². The Labute approximate surface area is 178 Å². The SMILES string of the molecule is COc1ccc(CCN2CCC(N(CC3CC3)S(=O)(=O)c3cccs3)CC2)cc1. The molecule has 0 bridgehead atoms. The van der Waals surface area contributed by atoms with Gasteiger partial charge in [0.05, 0.1) is 7.11 Å². The van der Waals surface area contributed by atoms with Gasteiger partial charge in [0.1, 0.15) is 9.96 Å². The molecule has 2 aliphatic rings. The van der Waals surface area contributed by atoms with Gasteiger partial charge in [0.25, 0.3) is 10.0 Å². The Bertz CT molecular complexity index is 869. The maximum atomic E-state index is 13.2. The van der Waals surface area contributed by atoms with E-state index < -0.39 is 10.0 Å². The molecule has 2 aromatic rings. The van der Waals surface area contributed by atoms with Crippen molar-refractivity contribution in [1.82, 2.24) is 9.21 Å². The predicted molar refractivity (Wildman–Crippen MR) is 117 cm³/mol. The number of rotatable bonds is 9. The molecule has 1 saturated carbocycles. The molecule has 1 aliphatic heterocycles. The summed E-state index contributed by atoms with van der Waals surface area (Å²) in [5, 5.41) is 1.85. The highest BCUT2D eigenvalue weighted by molar-refractivity contribution is 7.91. The lowest BCUT2D eigenvalue weighted by Gasteiger charge is -2.37. The quantitative estimate of drug-likeness (QED) is 0.601. The van der Waals surface area contributed by atoms with Crippen LogP contribution in [-0.2, 0) is 16.4 Å². The second-order valence-corrected chi connectivity index (χ2v) is 11.2. The van der Waals surface area contributed by atoms with Gasteiger partial charge in [-0.2, -0.15) is 4.31 Å². The molecule has 1 aromatic heterocycles. The molecule has 2 fully saturated rings. The van der Waals surface area contributed by atoms with Gasteiger partial charge in [0.2, 0.25) is 0 Å². The lowest BCUT2D eigenvalue weighted by molar-refractivity contribution is 0.158. The first-order chi connectivity index (χ1) is 14.1. The van der Waals surface area contributed by atoms with E-state index >= 15 is 0 Å². The first kappa shape index (κ1) is 20.8. The summed E-state index contributed by atoms with van der Waals surface area (Å²) in [5.74, 6) is 1.44. The molecule has 0 amide bonds. The van der Waals surface area contributed by atoms with E-state index in [-0.39, 0.29) is 6.04 Å². The lowest BCUT2D eigenvalue weighted by Crippen LogP contribution is -2.48. The van der Waals surface area contributed by atoms with Crippen LogP contribution in [0.3, 0.4) is 0 Å². The van der Waals surface area contributed by atoms with Crippen molar-refractivity contribution in [3.8, 4) is 5.75 Å². The largest absolute Gasteiger partial charge is 0.497 e. The zero-order valence-electron chi connectivity index (χ0n) is 17.0. The number of benzene rings is 1. The lowest BCUT2D eigenvalue weighted by atomic mass is 10.0. The standard InChI is InChI=1S/C22H30N2O3S2/c1-27-21-8-6-18(7-9-21)10-13-23-14-11-20(12-15-23)24(17-19-4-5-19)29(25,26)22-3-2-16-28-22/h2-3,6-9,16,19-20H,4-5,10-15,17H2,1H3. The van der Waals surface area contributed by atoms with Crippen molar-refractivity contribution < 1.29 is 13.2 Å². The zero-order valence-corrected chi connectivity index (χ0v) is 18.6. The third kappa shape index (κ3) is 5.20. The van der Waals surface area contributed by atoms with Crippen LogP contribution in [0.4, 0.5) is 0 Å². The highest BCUT2D eigenvalue weighted by Crippen LogP contribution is 2.35. The van der Waals surface area contributed by atoms with Crippen molar-refractivity contribution in [3.05, 3.63) is 47.3 Å². The van der Waals surface area contributed by atoms with Crippen LogP contribution in [0.5, 0.6) is 5.75 Å². The van der Waals surface area contributed by atoms with Crippen molar-refractivity contribution in [1.29, 1.82) is 0 Å². The Kier molecular flexibility index (Phi) is 6.59. The van der Waals surface area contributed by atoms with Gasteiger partial charge in [-0.1, -0.05) is 18.2 Å². The van der Waals surface area contributed by atoms with Gasteiger partial charge in [0.15, 0.2) is 0 Å². The van der Waals surface area contributed by atoms with Gasteiger partial charge in [-0.05, 0) is 80.3 Å². The molecule has 158 valence electrons. The van der Waals surface area contributed by atoms with Crippen LogP contribution in [0.1, 0.15) is 31.2 Å². The highest BCUT2D eigenvalue weighted by Gasteiger charge is 2.38. The highest BCUT2D eigenvalue weighted by atomic mass is 32.2. The van der Waals surface area contributed by atoms with Crippen LogP contribution < -0.4 is 4.74 Å². The number of ether oxygens (including phenoxy) is 1. The normalized spacial score (nSPS) is 19.0. The smallest absolute Gasteiger partial charge is 0.252 e. The van der Waals surface area contributed by atoms with Crippen LogP contribution in [0, 0.1) is 5.92 Å². The fraction of sp³-hybridized carbons (Fsp3) is 0.545. The van der Waals surface area contributed by atoms with Gasteiger partial charge in [0, 0.05) is 19.1 Å². The first-order valence-corrected chi connectivity index (χ1v) is 12.8. The molecule has 7 heteroatoms. The molecule has 1 aromatic carbocycles. The molecular weight excluding hydrogens is 404 g/mol. The third-order valence-corrected chi connectivity index (χ3v) is 9.32. The van der Waals surface area contributed by atoms with Gasteiger partial charge in [-0.15, -0.1) is 11.3 Å². The van der Waals surface area contributed by atoms with Gasteiger partial charge >= 0.3 is 0 Å². The average Bonchev–Trinajstić information content (AvgIpc) is 3.39. The first-order valence-electron chi connectivity index (χ1n) is 10.5. The molecule has 2 heterocycles. The minimum Gasteiger partial charge on any atom is -0.497 e. The molecule has 0 radical (unpaired) electrons. The number of likely N-dealkylation sites (tertiary alicyclic amines) is 1. The number of hydrogen-bond donors (Lipinski definition) is 0. The number of sulfonamides is 1. The Hall–Kier alpha value is -1.41. The van der Waals surface area contributed by atoms with E-state index in [1.165, 1.54) is 16.9 Å². The molecular formula is C22H30N2O3S2. The summed E-state index contributed by atoms with van der Waals surface area (Å²) in [5.41, 5.74) is 1.31. The van der Waals surface area contributed by atoms with E-state index in [1.807, 2.05) is 27.9 Å². The van der Waals surface area contributed by atoms with Crippen LogP contribution in [0.25, 0.3) is 0 Å². The molecule has 0 spiro atoms.